The first-order chi connectivity index (χ1) is 7.74. The van der Waals surface area contributed by atoms with Gasteiger partial charge in [0, 0.05) is 17.9 Å². The molecule has 90 valence electrons. The van der Waals surface area contributed by atoms with E-state index in [1.54, 1.807) is 0 Å². The molecule has 0 aliphatic carbocycles. The van der Waals surface area contributed by atoms with Crippen molar-refractivity contribution in [2.24, 2.45) is 0 Å². The van der Waals surface area contributed by atoms with Crippen LogP contribution in [0.15, 0.2) is 30.3 Å². The van der Waals surface area contributed by atoms with E-state index in [2.05, 4.69) is 0 Å². The van der Waals surface area contributed by atoms with Crippen molar-refractivity contribution >= 4 is 11.8 Å². The molecule has 1 aromatic carbocycles. The van der Waals surface area contributed by atoms with Gasteiger partial charge in [-0.1, -0.05) is 30.3 Å². The molecule has 0 saturated carbocycles. The molecule has 2 unspecified atom stereocenters. The molecule has 3 N–H and O–H groups in total. The maximum absolute atomic E-state index is 9.83. The average molecular weight is 242 g/mol. The minimum Gasteiger partial charge on any atom is -0.396 e. The van der Waals surface area contributed by atoms with Gasteiger partial charge >= 0.3 is 0 Å². The van der Waals surface area contributed by atoms with Crippen LogP contribution in [0.1, 0.15) is 18.1 Å². The second kappa shape index (κ2) is 7.68. The van der Waals surface area contributed by atoms with E-state index in [0.29, 0.717) is 17.9 Å². The lowest BCUT2D eigenvalue weighted by Crippen LogP contribution is -2.15. The first-order valence-corrected chi connectivity index (χ1v) is 6.49. The number of aliphatic hydroxyl groups is 3. The fourth-order valence-electron chi connectivity index (χ4n) is 1.42. The van der Waals surface area contributed by atoms with Gasteiger partial charge in [0.15, 0.2) is 0 Å². The molecule has 2 atom stereocenters. The Balaban J connectivity index is 2.31. The lowest BCUT2D eigenvalue weighted by Gasteiger charge is -2.15. The van der Waals surface area contributed by atoms with Crippen LogP contribution in [0, 0.1) is 0 Å². The Kier molecular flexibility index (Phi) is 6.49. The summed E-state index contributed by atoms with van der Waals surface area (Å²) in [6.07, 6.45) is -0.819. The maximum atomic E-state index is 9.83. The van der Waals surface area contributed by atoms with E-state index in [0.717, 1.165) is 5.56 Å². The smallest absolute Gasteiger partial charge is 0.0815 e. The van der Waals surface area contributed by atoms with Gasteiger partial charge in [-0.2, -0.15) is 11.8 Å². The van der Waals surface area contributed by atoms with Crippen molar-refractivity contribution in [2.75, 3.05) is 18.1 Å². The Morgan fingerprint density at radius 3 is 2.44 bits per heavy atom. The van der Waals surface area contributed by atoms with Crippen molar-refractivity contribution in [3.8, 4) is 0 Å². The van der Waals surface area contributed by atoms with Crippen LogP contribution >= 0.6 is 11.8 Å². The second-order valence-corrected chi connectivity index (χ2v) is 4.76. The van der Waals surface area contributed by atoms with Crippen molar-refractivity contribution < 1.29 is 15.3 Å². The Morgan fingerprint density at radius 1 is 1.12 bits per heavy atom. The van der Waals surface area contributed by atoms with E-state index in [-0.39, 0.29) is 6.61 Å². The molecule has 0 saturated heterocycles. The molecule has 0 radical (unpaired) electrons. The SMILES string of the molecule is OCCSCC(O)CC(O)c1ccccc1. The van der Waals surface area contributed by atoms with Gasteiger partial charge in [0.2, 0.25) is 0 Å². The van der Waals surface area contributed by atoms with Gasteiger partial charge in [0.05, 0.1) is 18.8 Å². The molecule has 0 fully saturated rings. The number of rotatable bonds is 7. The zero-order valence-corrected chi connectivity index (χ0v) is 9.94. The molecule has 0 aromatic heterocycles. The molecule has 0 bridgehead atoms. The van der Waals surface area contributed by atoms with Gasteiger partial charge in [-0.25, -0.2) is 0 Å². The molecule has 0 amide bonds. The highest BCUT2D eigenvalue weighted by Crippen LogP contribution is 2.19. The molecule has 0 aliphatic heterocycles. The first-order valence-electron chi connectivity index (χ1n) is 5.33. The minimum absolute atomic E-state index is 0.124. The summed E-state index contributed by atoms with van der Waals surface area (Å²) in [7, 11) is 0. The van der Waals surface area contributed by atoms with Gasteiger partial charge in [0.1, 0.15) is 0 Å². The van der Waals surface area contributed by atoms with Crippen molar-refractivity contribution in [3.63, 3.8) is 0 Å². The van der Waals surface area contributed by atoms with Crippen molar-refractivity contribution in [1.29, 1.82) is 0 Å². The normalized spacial score (nSPS) is 14.7. The summed E-state index contributed by atoms with van der Waals surface area (Å²) in [6, 6.07) is 9.32. The highest BCUT2D eigenvalue weighted by atomic mass is 32.2. The predicted molar refractivity (Wildman–Crippen MR) is 66.4 cm³/mol. The Hall–Kier alpha value is -0.550. The molecule has 4 heteroatoms. The molecule has 1 aromatic rings. The molecule has 0 aliphatic rings. The van der Waals surface area contributed by atoms with Crippen molar-refractivity contribution in [1.82, 2.24) is 0 Å². The van der Waals surface area contributed by atoms with Crippen LogP contribution < -0.4 is 0 Å². The first kappa shape index (κ1) is 13.5. The van der Waals surface area contributed by atoms with E-state index >= 15 is 0 Å². The van der Waals surface area contributed by atoms with E-state index in [9.17, 15) is 10.2 Å². The predicted octanol–water partition coefficient (Wildman–Crippen LogP) is 1.20. The van der Waals surface area contributed by atoms with Crippen molar-refractivity contribution in [3.05, 3.63) is 35.9 Å². The molecule has 16 heavy (non-hydrogen) atoms. The van der Waals surface area contributed by atoms with Gasteiger partial charge in [-0.15, -0.1) is 0 Å². The van der Waals surface area contributed by atoms with Crippen LogP contribution in [0.3, 0.4) is 0 Å². The Bertz CT molecular complexity index is 279. The van der Waals surface area contributed by atoms with Gasteiger partial charge in [-0.05, 0) is 5.56 Å². The standard InChI is InChI=1S/C12H18O3S/c13-6-7-16-9-11(14)8-12(15)10-4-2-1-3-5-10/h1-5,11-15H,6-9H2. The van der Waals surface area contributed by atoms with Crippen molar-refractivity contribution in [2.45, 2.75) is 18.6 Å². The fourth-order valence-corrected chi connectivity index (χ4v) is 2.12. The summed E-state index contributed by atoms with van der Waals surface area (Å²) in [5.74, 6) is 1.17. The number of hydrogen-bond donors (Lipinski definition) is 3. The molecule has 0 spiro atoms. The topological polar surface area (TPSA) is 60.7 Å². The fraction of sp³-hybridized carbons (Fsp3) is 0.500. The summed E-state index contributed by atoms with van der Waals surface area (Å²) in [4.78, 5) is 0. The number of benzene rings is 1. The van der Waals surface area contributed by atoms with E-state index < -0.39 is 12.2 Å². The largest absolute Gasteiger partial charge is 0.396 e. The third-order valence-corrected chi connectivity index (χ3v) is 3.32. The third kappa shape index (κ3) is 4.99. The summed E-state index contributed by atoms with van der Waals surface area (Å²) in [6.45, 7) is 0.124. The van der Waals surface area contributed by atoms with Crippen LogP contribution in [0.2, 0.25) is 0 Å². The Labute approximate surface area is 100 Å². The van der Waals surface area contributed by atoms with E-state index in [4.69, 9.17) is 5.11 Å². The lowest BCUT2D eigenvalue weighted by atomic mass is 10.0. The van der Waals surface area contributed by atoms with Crippen LogP contribution in [-0.2, 0) is 0 Å². The lowest BCUT2D eigenvalue weighted by molar-refractivity contribution is 0.0931. The van der Waals surface area contributed by atoms with Gasteiger partial charge < -0.3 is 15.3 Å². The summed E-state index contributed by atoms with van der Waals surface area (Å²) in [5.41, 5.74) is 0.828. The maximum Gasteiger partial charge on any atom is 0.0815 e. The molecule has 1 rings (SSSR count). The zero-order valence-electron chi connectivity index (χ0n) is 9.12. The van der Waals surface area contributed by atoms with E-state index in [1.165, 1.54) is 11.8 Å². The Morgan fingerprint density at radius 2 is 1.81 bits per heavy atom. The number of thioether (sulfide) groups is 1. The highest BCUT2D eigenvalue weighted by molar-refractivity contribution is 7.99. The van der Waals surface area contributed by atoms with Crippen LogP contribution in [0.4, 0.5) is 0 Å². The second-order valence-electron chi connectivity index (χ2n) is 3.61. The molecular formula is C12H18O3S. The summed E-state index contributed by atoms with van der Waals surface area (Å²) >= 11 is 1.49. The molecule has 3 nitrogen and oxygen atoms in total. The summed E-state index contributed by atoms with van der Waals surface area (Å²) < 4.78 is 0. The van der Waals surface area contributed by atoms with Crippen LogP contribution in [0.25, 0.3) is 0 Å². The molecular weight excluding hydrogens is 224 g/mol. The van der Waals surface area contributed by atoms with Gasteiger partial charge in [-0.3, -0.25) is 0 Å². The zero-order chi connectivity index (χ0) is 11.8. The molecule has 0 heterocycles. The van der Waals surface area contributed by atoms with E-state index in [1.807, 2.05) is 30.3 Å². The van der Waals surface area contributed by atoms with Crippen LogP contribution in [0.5, 0.6) is 0 Å². The third-order valence-electron chi connectivity index (χ3n) is 2.23. The van der Waals surface area contributed by atoms with Crippen LogP contribution in [-0.4, -0.2) is 39.5 Å². The number of hydrogen-bond acceptors (Lipinski definition) is 4. The highest BCUT2D eigenvalue weighted by Gasteiger charge is 2.13. The monoisotopic (exact) mass is 242 g/mol. The number of aliphatic hydroxyl groups excluding tert-OH is 3. The average Bonchev–Trinajstić information content (AvgIpc) is 2.30. The van der Waals surface area contributed by atoms with Gasteiger partial charge in [0.25, 0.3) is 0 Å². The minimum atomic E-state index is -0.620. The summed E-state index contributed by atoms with van der Waals surface area (Å²) in [5, 5.41) is 28.1. The quantitative estimate of drug-likeness (QED) is 0.629.